The maximum Gasteiger partial charge on any atom is 0.408 e. The van der Waals surface area contributed by atoms with Gasteiger partial charge in [-0.1, -0.05) is 96.6 Å². The van der Waals surface area contributed by atoms with Gasteiger partial charge in [0.25, 0.3) is 0 Å². The Morgan fingerprint density at radius 1 is 0.756 bits per heavy atom. The monoisotopic (exact) mass is 551 g/mol. The molecule has 4 aromatic rings. The summed E-state index contributed by atoms with van der Waals surface area (Å²) in [7, 11) is 0. The first-order valence-corrected chi connectivity index (χ1v) is 13.7. The number of esters is 1. The van der Waals surface area contributed by atoms with E-state index >= 15 is 0 Å². The van der Waals surface area contributed by atoms with E-state index in [1.165, 1.54) is 0 Å². The SMILES string of the molecule is Cc1cccc(-c2cc(C[C@H](NC(=O)OC(C)(C)C)C(=O)OCc3ccccc3)ccc2OCc2ccccc2)c1. The summed E-state index contributed by atoms with van der Waals surface area (Å²) in [4.78, 5) is 25.9. The van der Waals surface area contributed by atoms with Crippen molar-refractivity contribution < 1.29 is 23.8 Å². The van der Waals surface area contributed by atoms with Gasteiger partial charge < -0.3 is 19.5 Å². The van der Waals surface area contributed by atoms with E-state index in [1.54, 1.807) is 20.8 Å². The summed E-state index contributed by atoms with van der Waals surface area (Å²) in [6, 6.07) is 32.5. The predicted molar refractivity (Wildman–Crippen MR) is 160 cm³/mol. The second-order valence-corrected chi connectivity index (χ2v) is 11.0. The zero-order valence-corrected chi connectivity index (χ0v) is 24.1. The number of hydrogen-bond donors (Lipinski definition) is 1. The highest BCUT2D eigenvalue weighted by molar-refractivity contribution is 5.82. The number of aryl methyl sites for hydroxylation is 1. The van der Waals surface area contributed by atoms with E-state index in [0.717, 1.165) is 39.1 Å². The van der Waals surface area contributed by atoms with Crippen LogP contribution in [-0.4, -0.2) is 23.7 Å². The van der Waals surface area contributed by atoms with Crippen LogP contribution < -0.4 is 10.1 Å². The largest absolute Gasteiger partial charge is 0.488 e. The van der Waals surface area contributed by atoms with Crippen molar-refractivity contribution in [3.8, 4) is 16.9 Å². The Morgan fingerprint density at radius 2 is 1.41 bits per heavy atom. The van der Waals surface area contributed by atoms with Crippen molar-refractivity contribution in [2.75, 3.05) is 0 Å². The van der Waals surface area contributed by atoms with E-state index in [0.29, 0.717) is 6.61 Å². The van der Waals surface area contributed by atoms with Gasteiger partial charge in [-0.3, -0.25) is 0 Å². The third-order valence-electron chi connectivity index (χ3n) is 6.25. The Hall–Kier alpha value is -4.58. The van der Waals surface area contributed by atoms with Gasteiger partial charge in [0.15, 0.2) is 0 Å². The molecule has 0 aromatic heterocycles. The molecule has 4 rings (SSSR count). The van der Waals surface area contributed by atoms with Crippen LogP contribution in [-0.2, 0) is 33.9 Å². The van der Waals surface area contributed by atoms with Crippen LogP contribution >= 0.6 is 0 Å². The molecule has 0 saturated heterocycles. The van der Waals surface area contributed by atoms with Crippen LogP contribution in [0.2, 0.25) is 0 Å². The van der Waals surface area contributed by atoms with Gasteiger partial charge >= 0.3 is 12.1 Å². The van der Waals surface area contributed by atoms with Gasteiger partial charge in [0, 0.05) is 12.0 Å². The number of carbonyl (C=O) groups is 2. The number of nitrogens with one attached hydrogen (secondary N) is 1. The van der Waals surface area contributed by atoms with Crippen LogP contribution in [0, 0.1) is 6.92 Å². The minimum atomic E-state index is -0.949. The van der Waals surface area contributed by atoms with Crippen LogP contribution in [0.5, 0.6) is 5.75 Å². The third-order valence-corrected chi connectivity index (χ3v) is 6.25. The topological polar surface area (TPSA) is 73.9 Å². The average molecular weight is 552 g/mol. The first-order valence-electron chi connectivity index (χ1n) is 13.7. The molecule has 1 atom stereocenters. The van der Waals surface area contributed by atoms with Crippen molar-refractivity contribution in [2.45, 2.75) is 59.0 Å². The molecule has 0 bridgehead atoms. The zero-order valence-electron chi connectivity index (χ0n) is 24.1. The second kappa shape index (κ2) is 13.7. The van der Waals surface area contributed by atoms with Gasteiger partial charge in [-0.05, 0) is 62.1 Å². The summed E-state index contributed by atoms with van der Waals surface area (Å²) in [6.45, 7) is 7.90. The fraction of sp³-hybridized carbons (Fsp3) is 0.257. The number of ether oxygens (including phenoxy) is 3. The highest BCUT2D eigenvalue weighted by Crippen LogP contribution is 2.33. The third kappa shape index (κ3) is 9.24. The summed E-state index contributed by atoms with van der Waals surface area (Å²) < 4.78 is 17.3. The van der Waals surface area contributed by atoms with Crippen molar-refractivity contribution in [3.63, 3.8) is 0 Å². The van der Waals surface area contributed by atoms with Crippen molar-refractivity contribution in [2.24, 2.45) is 0 Å². The number of amides is 1. The van der Waals surface area contributed by atoms with Gasteiger partial charge in [0.1, 0.15) is 30.6 Å². The molecule has 41 heavy (non-hydrogen) atoms. The molecule has 0 aliphatic rings. The number of benzene rings is 4. The summed E-state index contributed by atoms with van der Waals surface area (Å²) in [5.74, 6) is 0.188. The summed E-state index contributed by atoms with van der Waals surface area (Å²) in [5, 5.41) is 2.72. The standard InChI is InChI=1S/C35H37NO5/c1-25-12-11-17-29(20-25)30-21-28(18-19-32(30)39-23-26-13-7-5-8-14-26)22-31(36-34(38)41-35(2,3)4)33(37)40-24-27-15-9-6-10-16-27/h5-21,31H,22-24H2,1-4H3,(H,36,38)/t31-/m0/s1. The Bertz CT molecular complexity index is 1440. The first-order chi connectivity index (χ1) is 19.7. The number of hydrogen-bond acceptors (Lipinski definition) is 5. The fourth-order valence-corrected chi connectivity index (χ4v) is 4.31. The minimum Gasteiger partial charge on any atom is -0.488 e. The Balaban J connectivity index is 1.59. The van der Waals surface area contributed by atoms with E-state index in [1.807, 2.05) is 104 Å². The molecular weight excluding hydrogens is 514 g/mol. The quantitative estimate of drug-likeness (QED) is 0.208. The highest BCUT2D eigenvalue weighted by atomic mass is 16.6. The van der Waals surface area contributed by atoms with E-state index in [9.17, 15) is 9.59 Å². The van der Waals surface area contributed by atoms with E-state index < -0.39 is 23.7 Å². The fourth-order valence-electron chi connectivity index (χ4n) is 4.31. The molecule has 0 radical (unpaired) electrons. The van der Waals surface area contributed by atoms with E-state index in [2.05, 4.69) is 11.4 Å². The van der Waals surface area contributed by atoms with E-state index in [-0.39, 0.29) is 13.0 Å². The summed E-state index contributed by atoms with van der Waals surface area (Å²) in [5.41, 5.74) is 5.07. The molecule has 4 aromatic carbocycles. The highest BCUT2D eigenvalue weighted by Gasteiger charge is 2.26. The van der Waals surface area contributed by atoms with Gasteiger partial charge in [-0.25, -0.2) is 9.59 Å². The molecule has 1 N–H and O–H groups in total. The summed E-state index contributed by atoms with van der Waals surface area (Å²) >= 11 is 0. The maximum atomic E-state index is 13.2. The molecule has 0 saturated carbocycles. The molecule has 0 heterocycles. The lowest BCUT2D eigenvalue weighted by atomic mass is 9.97. The minimum absolute atomic E-state index is 0.104. The van der Waals surface area contributed by atoms with Crippen LogP contribution in [0.3, 0.4) is 0 Å². The van der Waals surface area contributed by atoms with Crippen LogP contribution in [0.25, 0.3) is 11.1 Å². The van der Waals surface area contributed by atoms with Crippen LogP contribution in [0.1, 0.15) is 43.0 Å². The second-order valence-electron chi connectivity index (χ2n) is 11.0. The van der Waals surface area contributed by atoms with E-state index in [4.69, 9.17) is 14.2 Å². The molecular formula is C35H37NO5. The van der Waals surface area contributed by atoms with Crippen LogP contribution in [0.15, 0.2) is 103 Å². The number of carbonyl (C=O) groups excluding carboxylic acids is 2. The van der Waals surface area contributed by atoms with Gasteiger partial charge in [-0.15, -0.1) is 0 Å². The Morgan fingerprint density at radius 3 is 2.05 bits per heavy atom. The van der Waals surface area contributed by atoms with Crippen molar-refractivity contribution >= 4 is 12.1 Å². The lowest BCUT2D eigenvalue weighted by Gasteiger charge is -2.23. The first kappa shape index (κ1) is 29.4. The number of rotatable bonds is 10. The normalized spacial score (nSPS) is 11.8. The van der Waals surface area contributed by atoms with Gasteiger partial charge in [0.2, 0.25) is 0 Å². The van der Waals surface area contributed by atoms with Crippen molar-refractivity contribution in [1.29, 1.82) is 0 Å². The lowest BCUT2D eigenvalue weighted by molar-refractivity contribution is -0.147. The smallest absolute Gasteiger partial charge is 0.408 e. The predicted octanol–water partition coefficient (Wildman–Crippen LogP) is 7.42. The molecule has 0 spiro atoms. The Labute approximate surface area is 242 Å². The maximum absolute atomic E-state index is 13.2. The number of alkyl carbamates (subject to hydrolysis) is 1. The average Bonchev–Trinajstić information content (AvgIpc) is 2.95. The van der Waals surface area contributed by atoms with Gasteiger partial charge in [0.05, 0.1) is 0 Å². The molecule has 1 amide bonds. The van der Waals surface area contributed by atoms with Crippen molar-refractivity contribution in [1.82, 2.24) is 5.32 Å². The molecule has 212 valence electrons. The van der Waals surface area contributed by atoms with Gasteiger partial charge in [-0.2, -0.15) is 0 Å². The zero-order chi connectivity index (χ0) is 29.2. The molecule has 6 heteroatoms. The molecule has 0 fully saturated rings. The lowest BCUT2D eigenvalue weighted by Crippen LogP contribution is -2.45. The van der Waals surface area contributed by atoms with Crippen LogP contribution in [0.4, 0.5) is 4.79 Å². The Kier molecular flexibility index (Phi) is 9.80. The van der Waals surface area contributed by atoms with Crippen molar-refractivity contribution in [3.05, 3.63) is 125 Å². The molecule has 0 aliphatic heterocycles. The molecule has 6 nitrogen and oxygen atoms in total. The summed E-state index contributed by atoms with van der Waals surface area (Å²) in [6.07, 6.45) is -0.467. The molecule has 0 unspecified atom stereocenters. The molecule has 0 aliphatic carbocycles.